The number of hydrogen-bond donors (Lipinski definition) is 1. The molecular formula is C20H11Cl2N3O5. The van der Waals surface area contributed by atoms with Gasteiger partial charge in [-0.3, -0.25) is 14.9 Å². The summed E-state index contributed by atoms with van der Waals surface area (Å²) >= 11 is 12.0. The Bertz CT molecular complexity index is 1220. The maximum Gasteiger partial charge on any atom is 0.333 e. The highest BCUT2D eigenvalue weighted by molar-refractivity contribution is 6.33. The van der Waals surface area contributed by atoms with Gasteiger partial charge in [-0.1, -0.05) is 23.2 Å². The summed E-state index contributed by atoms with van der Waals surface area (Å²) in [4.78, 5) is 36.3. The average Bonchev–Trinajstić information content (AvgIpc) is 3.27. The number of furan rings is 1. The van der Waals surface area contributed by atoms with Crippen molar-refractivity contribution in [3.05, 3.63) is 86.2 Å². The van der Waals surface area contributed by atoms with E-state index in [2.05, 4.69) is 5.32 Å². The van der Waals surface area contributed by atoms with Crippen molar-refractivity contribution < 1.29 is 18.9 Å². The minimum atomic E-state index is -0.609. The molecule has 0 spiro atoms. The van der Waals surface area contributed by atoms with E-state index in [1.54, 1.807) is 36.4 Å². The molecule has 1 aromatic heterocycles. The first kappa shape index (κ1) is 19.7. The Morgan fingerprint density at radius 2 is 1.77 bits per heavy atom. The maximum atomic E-state index is 12.7. The van der Waals surface area contributed by atoms with Crippen LogP contribution in [0.2, 0.25) is 10.0 Å². The van der Waals surface area contributed by atoms with E-state index in [1.807, 2.05) is 0 Å². The molecule has 1 aliphatic rings. The molecule has 0 atom stereocenters. The Kier molecular flexibility index (Phi) is 5.03. The van der Waals surface area contributed by atoms with Gasteiger partial charge < -0.3 is 9.73 Å². The molecule has 0 saturated carbocycles. The number of rotatable bonds is 4. The first-order valence-electron chi connectivity index (χ1n) is 8.50. The Morgan fingerprint density at radius 3 is 2.47 bits per heavy atom. The molecule has 30 heavy (non-hydrogen) atoms. The van der Waals surface area contributed by atoms with E-state index < -0.39 is 16.9 Å². The number of imide groups is 1. The summed E-state index contributed by atoms with van der Waals surface area (Å²) in [5.74, 6) is -0.0234. The molecular weight excluding hydrogens is 433 g/mol. The van der Waals surface area contributed by atoms with Crippen LogP contribution >= 0.6 is 23.2 Å². The molecule has 1 fully saturated rings. The Labute approximate surface area is 179 Å². The van der Waals surface area contributed by atoms with Gasteiger partial charge in [-0.2, -0.15) is 0 Å². The summed E-state index contributed by atoms with van der Waals surface area (Å²) < 4.78 is 5.66. The van der Waals surface area contributed by atoms with Crippen LogP contribution in [0.15, 0.2) is 64.7 Å². The predicted octanol–water partition coefficient (Wildman–Crippen LogP) is 5.26. The topological polar surface area (TPSA) is 106 Å². The van der Waals surface area contributed by atoms with Crippen molar-refractivity contribution in [2.24, 2.45) is 0 Å². The molecule has 1 aliphatic heterocycles. The third-order valence-corrected chi connectivity index (χ3v) is 4.88. The zero-order chi connectivity index (χ0) is 21.4. The Balaban J connectivity index is 1.63. The molecule has 2 heterocycles. The van der Waals surface area contributed by atoms with Gasteiger partial charge in [0.1, 0.15) is 17.2 Å². The summed E-state index contributed by atoms with van der Waals surface area (Å²) in [5, 5.41) is 14.2. The van der Waals surface area contributed by atoms with Gasteiger partial charge in [-0.25, -0.2) is 9.69 Å². The van der Waals surface area contributed by atoms with E-state index >= 15 is 0 Å². The molecule has 4 rings (SSSR count). The van der Waals surface area contributed by atoms with E-state index in [0.29, 0.717) is 16.3 Å². The third-order valence-electron chi connectivity index (χ3n) is 4.30. The number of nitrogens with one attached hydrogen (secondary N) is 1. The summed E-state index contributed by atoms with van der Waals surface area (Å²) in [6.07, 6.45) is 1.37. The lowest BCUT2D eigenvalue weighted by atomic mass is 10.1. The first-order valence-corrected chi connectivity index (χ1v) is 9.26. The van der Waals surface area contributed by atoms with Crippen LogP contribution < -0.4 is 10.2 Å². The lowest BCUT2D eigenvalue weighted by Gasteiger charge is -2.11. The second-order valence-corrected chi connectivity index (χ2v) is 7.07. The number of nitrogens with zero attached hydrogens (tertiary/aromatic N) is 2. The van der Waals surface area contributed by atoms with Crippen LogP contribution in [0.4, 0.5) is 16.2 Å². The third kappa shape index (κ3) is 3.66. The van der Waals surface area contributed by atoms with Crippen LogP contribution in [0.5, 0.6) is 0 Å². The maximum absolute atomic E-state index is 12.7. The number of amides is 3. The highest BCUT2D eigenvalue weighted by Crippen LogP contribution is 2.33. The second kappa shape index (κ2) is 7.66. The van der Waals surface area contributed by atoms with Crippen LogP contribution in [0, 0.1) is 10.1 Å². The van der Waals surface area contributed by atoms with Crippen LogP contribution in [-0.4, -0.2) is 16.9 Å². The molecule has 1 saturated heterocycles. The molecule has 10 heteroatoms. The van der Waals surface area contributed by atoms with Crippen LogP contribution in [0.3, 0.4) is 0 Å². The first-order chi connectivity index (χ1) is 14.3. The number of hydrogen-bond acceptors (Lipinski definition) is 5. The van der Waals surface area contributed by atoms with E-state index in [-0.39, 0.29) is 27.9 Å². The molecule has 2 aromatic carbocycles. The van der Waals surface area contributed by atoms with Gasteiger partial charge in [-0.15, -0.1) is 0 Å². The fraction of sp³-hybridized carbons (Fsp3) is 0. The normalized spacial score (nSPS) is 15.0. The second-order valence-electron chi connectivity index (χ2n) is 6.23. The Morgan fingerprint density at radius 1 is 1.03 bits per heavy atom. The van der Waals surface area contributed by atoms with Gasteiger partial charge >= 0.3 is 6.03 Å². The molecule has 150 valence electrons. The van der Waals surface area contributed by atoms with E-state index in [1.165, 1.54) is 24.3 Å². The summed E-state index contributed by atoms with van der Waals surface area (Å²) in [7, 11) is 0. The van der Waals surface area contributed by atoms with Crippen molar-refractivity contribution in [2.75, 3.05) is 4.90 Å². The zero-order valence-electron chi connectivity index (χ0n) is 15.0. The molecule has 1 N–H and O–H groups in total. The van der Waals surface area contributed by atoms with Crippen molar-refractivity contribution in [3.8, 4) is 11.3 Å². The number of halogens is 2. The number of nitro benzene ring substituents is 1. The number of anilines is 1. The molecule has 0 bridgehead atoms. The SMILES string of the molecule is O=C1N/C(=C/c2ccc(-c3cc([N+](=O)[O-])ccc3Cl)o2)C(=O)N1c1ccc(Cl)cc1. The van der Waals surface area contributed by atoms with Gasteiger partial charge in [0.2, 0.25) is 0 Å². The van der Waals surface area contributed by atoms with Crippen molar-refractivity contribution in [1.82, 2.24) is 5.32 Å². The van der Waals surface area contributed by atoms with Crippen LogP contribution in [0.1, 0.15) is 5.76 Å². The van der Waals surface area contributed by atoms with Gasteiger partial charge in [-0.05, 0) is 42.5 Å². The monoisotopic (exact) mass is 443 g/mol. The average molecular weight is 444 g/mol. The van der Waals surface area contributed by atoms with Crippen LogP contribution in [-0.2, 0) is 4.79 Å². The van der Waals surface area contributed by atoms with Gasteiger partial charge in [0.25, 0.3) is 11.6 Å². The minimum Gasteiger partial charge on any atom is -0.457 e. The standard InChI is InChI=1S/C20H11Cl2N3O5/c21-11-1-3-12(4-2-11)24-19(26)17(23-20(24)27)10-14-6-8-18(30-14)15-9-13(25(28)29)5-7-16(15)22/h1-10H,(H,23,27)/b17-10+. The molecule has 8 nitrogen and oxygen atoms in total. The molecule has 0 radical (unpaired) electrons. The number of carbonyl (C=O) groups excluding carboxylic acids is 2. The van der Waals surface area contributed by atoms with E-state index in [9.17, 15) is 19.7 Å². The van der Waals surface area contributed by atoms with Crippen LogP contribution in [0.25, 0.3) is 17.4 Å². The minimum absolute atomic E-state index is 0.0148. The molecule has 0 unspecified atom stereocenters. The quantitative estimate of drug-likeness (QED) is 0.256. The zero-order valence-corrected chi connectivity index (χ0v) is 16.5. The number of non-ortho nitro benzene ring substituents is 1. The number of benzene rings is 2. The van der Waals surface area contributed by atoms with Crippen molar-refractivity contribution in [1.29, 1.82) is 0 Å². The Hall–Kier alpha value is -3.62. The molecule has 3 aromatic rings. The summed E-state index contributed by atoms with van der Waals surface area (Å²) in [6.45, 7) is 0. The lowest BCUT2D eigenvalue weighted by Crippen LogP contribution is -2.30. The van der Waals surface area contributed by atoms with Crippen molar-refractivity contribution in [3.63, 3.8) is 0 Å². The van der Waals surface area contributed by atoms with Crippen molar-refractivity contribution >= 4 is 52.6 Å². The summed E-state index contributed by atoms with van der Waals surface area (Å²) in [5.41, 5.74) is 0.581. The molecule has 3 amide bonds. The smallest absolute Gasteiger partial charge is 0.333 e. The fourth-order valence-corrected chi connectivity index (χ4v) is 3.23. The van der Waals surface area contributed by atoms with E-state index in [0.717, 1.165) is 4.90 Å². The summed E-state index contributed by atoms with van der Waals surface area (Å²) in [6, 6.07) is 12.7. The lowest BCUT2D eigenvalue weighted by molar-refractivity contribution is -0.384. The molecule has 0 aliphatic carbocycles. The fourth-order valence-electron chi connectivity index (χ4n) is 2.89. The van der Waals surface area contributed by atoms with Gasteiger partial charge in [0.15, 0.2) is 0 Å². The van der Waals surface area contributed by atoms with E-state index in [4.69, 9.17) is 27.6 Å². The number of carbonyl (C=O) groups is 2. The van der Waals surface area contributed by atoms with Crippen molar-refractivity contribution in [2.45, 2.75) is 0 Å². The highest BCUT2D eigenvalue weighted by Gasteiger charge is 2.35. The highest BCUT2D eigenvalue weighted by atomic mass is 35.5. The largest absolute Gasteiger partial charge is 0.457 e. The van der Waals surface area contributed by atoms with Gasteiger partial charge in [0.05, 0.1) is 15.6 Å². The predicted molar refractivity (Wildman–Crippen MR) is 111 cm³/mol. The van der Waals surface area contributed by atoms with Gasteiger partial charge in [0, 0.05) is 28.8 Å². The number of urea groups is 1. The number of nitro groups is 1.